The Kier molecular flexibility index (Phi) is 5.38. The zero-order valence-corrected chi connectivity index (χ0v) is 12.9. The van der Waals surface area contributed by atoms with Crippen LogP contribution < -0.4 is 5.73 Å². The van der Waals surface area contributed by atoms with Gasteiger partial charge in [0.25, 0.3) is 0 Å². The van der Waals surface area contributed by atoms with Gasteiger partial charge < -0.3 is 10.6 Å². The van der Waals surface area contributed by atoms with Crippen molar-refractivity contribution in [3.8, 4) is 0 Å². The zero-order chi connectivity index (χ0) is 14.7. The van der Waals surface area contributed by atoms with E-state index in [9.17, 15) is 4.39 Å². The van der Waals surface area contributed by atoms with Gasteiger partial charge in [-0.2, -0.15) is 0 Å². The SMILES string of the molecule is CN1CCC(CN(C)C(CN)c2c(F)cccc2Cl)C1. The first-order valence-corrected chi connectivity index (χ1v) is 7.43. The fourth-order valence-corrected chi connectivity index (χ4v) is 3.35. The summed E-state index contributed by atoms with van der Waals surface area (Å²) in [6.45, 7) is 3.50. The molecule has 2 unspecified atom stereocenters. The largest absolute Gasteiger partial charge is 0.329 e. The molecule has 1 fully saturated rings. The topological polar surface area (TPSA) is 32.5 Å². The average molecular weight is 300 g/mol. The molecular weight excluding hydrogens is 277 g/mol. The molecule has 1 aromatic carbocycles. The van der Waals surface area contributed by atoms with E-state index in [0.29, 0.717) is 23.0 Å². The van der Waals surface area contributed by atoms with Crippen molar-refractivity contribution in [2.45, 2.75) is 12.5 Å². The van der Waals surface area contributed by atoms with Gasteiger partial charge in [-0.25, -0.2) is 4.39 Å². The van der Waals surface area contributed by atoms with Crippen molar-refractivity contribution in [3.05, 3.63) is 34.6 Å². The Balaban J connectivity index is 2.11. The number of nitrogens with zero attached hydrogens (tertiary/aromatic N) is 2. The smallest absolute Gasteiger partial charge is 0.129 e. The lowest BCUT2D eigenvalue weighted by molar-refractivity contribution is 0.208. The van der Waals surface area contributed by atoms with Crippen LogP contribution in [0.5, 0.6) is 0 Å². The molecule has 1 aliphatic rings. The van der Waals surface area contributed by atoms with Gasteiger partial charge in [-0.15, -0.1) is 0 Å². The van der Waals surface area contributed by atoms with Gasteiger partial charge in [0, 0.05) is 30.2 Å². The van der Waals surface area contributed by atoms with Crippen LogP contribution in [0.2, 0.25) is 5.02 Å². The summed E-state index contributed by atoms with van der Waals surface area (Å²) < 4.78 is 14.0. The lowest BCUT2D eigenvalue weighted by atomic mass is 10.0. The molecule has 0 aromatic heterocycles. The van der Waals surface area contributed by atoms with Gasteiger partial charge in [-0.3, -0.25) is 4.90 Å². The van der Waals surface area contributed by atoms with E-state index < -0.39 is 0 Å². The lowest BCUT2D eigenvalue weighted by Gasteiger charge is -2.30. The number of nitrogens with two attached hydrogens (primary N) is 1. The van der Waals surface area contributed by atoms with Crippen LogP contribution in [0.25, 0.3) is 0 Å². The number of halogens is 2. The van der Waals surface area contributed by atoms with E-state index in [-0.39, 0.29) is 11.9 Å². The molecule has 0 aliphatic carbocycles. The van der Waals surface area contributed by atoms with Crippen LogP contribution in [-0.2, 0) is 0 Å². The summed E-state index contributed by atoms with van der Waals surface area (Å²) in [5, 5.41) is 0.454. The van der Waals surface area contributed by atoms with Gasteiger partial charge in [0.1, 0.15) is 5.82 Å². The number of hydrogen-bond acceptors (Lipinski definition) is 3. The van der Waals surface area contributed by atoms with Crippen molar-refractivity contribution in [1.29, 1.82) is 0 Å². The van der Waals surface area contributed by atoms with Crippen molar-refractivity contribution in [1.82, 2.24) is 9.80 Å². The normalized spacial score (nSPS) is 21.6. The monoisotopic (exact) mass is 299 g/mol. The molecule has 0 amide bonds. The van der Waals surface area contributed by atoms with E-state index in [2.05, 4.69) is 16.8 Å². The summed E-state index contributed by atoms with van der Waals surface area (Å²) in [4.78, 5) is 4.46. The van der Waals surface area contributed by atoms with Crippen LogP contribution in [-0.4, -0.2) is 50.1 Å². The third-order valence-corrected chi connectivity index (χ3v) is 4.45. The summed E-state index contributed by atoms with van der Waals surface area (Å²) in [7, 11) is 4.13. The van der Waals surface area contributed by atoms with Gasteiger partial charge in [0.05, 0.1) is 6.04 Å². The summed E-state index contributed by atoms with van der Waals surface area (Å²) in [6, 6.07) is 4.62. The van der Waals surface area contributed by atoms with E-state index in [0.717, 1.165) is 19.6 Å². The number of rotatable bonds is 5. The second-order valence-electron chi connectivity index (χ2n) is 5.74. The third-order valence-electron chi connectivity index (χ3n) is 4.12. The molecular formula is C15H23ClFN3. The molecule has 0 radical (unpaired) electrons. The molecule has 1 saturated heterocycles. The Labute approximate surface area is 125 Å². The van der Waals surface area contributed by atoms with Crippen molar-refractivity contribution in [2.75, 3.05) is 40.3 Å². The maximum Gasteiger partial charge on any atom is 0.129 e. The van der Waals surface area contributed by atoms with E-state index in [1.54, 1.807) is 12.1 Å². The number of likely N-dealkylation sites (tertiary alicyclic amines) is 1. The van der Waals surface area contributed by atoms with Crippen molar-refractivity contribution >= 4 is 11.6 Å². The highest BCUT2D eigenvalue weighted by atomic mass is 35.5. The first kappa shape index (κ1) is 15.7. The average Bonchev–Trinajstić information content (AvgIpc) is 2.79. The zero-order valence-electron chi connectivity index (χ0n) is 12.1. The van der Waals surface area contributed by atoms with E-state index in [1.165, 1.54) is 12.5 Å². The van der Waals surface area contributed by atoms with E-state index in [1.807, 2.05) is 7.05 Å². The Morgan fingerprint density at radius 2 is 2.30 bits per heavy atom. The molecule has 1 aliphatic heterocycles. The predicted octanol–water partition coefficient (Wildman–Crippen LogP) is 2.36. The van der Waals surface area contributed by atoms with Gasteiger partial charge >= 0.3 is 0 Å². The highest BCUT2D eigenvalue weighted by Gasteiger charge is 2.26. The molecule has 2 rings (SSSR count). The van der Waals surface area contributed by atoms with Gasteiger partial charge in [-0.05, 0) is 45.1 Å². The summed E-state index contributed by atoms with van der Waals surface area (Å²) in [6.07, 6.45) is 1.18. The molecule has 0 saturated carbocycles. The molecule has 112 valence electrons. The third kappa shape index (κ3) is 3.50. The molecule has 2 N–H and O–H groups in total. The van der Waals surface area contributed by atoms with E-state index in [4.69, 9.17) is 17.3 Å². The first-order valence-electron chi connectivity index (χ1n) is 7.05. The van der Waals surface area contributed by atoms with E-state index >= 15 is 0 Å². The highest BCUT2D eigenvalue weighted by molar-refractivity contribution is 6.31. The molecule has 0 bridgehead atoms. The minimum atomic E-state index is -0.275. The molecule has 0 spiro atoms. The van der Waals surface area contributed by atoms with Crippen LogP contribution in [0.15, 0.2) is 18.2 Å². The van der Waals surface area contributed by atoms with Gasteiger partial charge in [-0.1, -0.05) is 17.7 Å². The summed E-state index contributed by atoms with van der Waals surface area (Å²) in [5.41, 5.74) is 6.39. The fraction of sp³-hybridized carbons (Fsp3) is 0.600. The maximum absolute atomic E-state index is 14.0. The minimum Gasteiger partial charge on any atom is -0.329 e. The highest BCUT2D eigenvalue weighted by Crippen LogP contribution is 2.30. The van der Waals surface area contributed by atoms with Crippen molar-refractivity contribution in [3.63, 3.8) is 0 Å². The van der Waals surface area contributed by atoms with Crippen LogP contribution in [0.4, 0.5) is 4.39 Å². The van der Waals surface area contributed by atoms with Crippen LogP contribution in [0, 0.1) is 11.7 Å². The predicted molar refractivity (Wildman–Crippen MR) is 81.4 cm³/mol. The van der Waals surface area contributed by atoms with Crippen LogP contribution in [0.3, 0.4) is 0 Å². The maximum atomic E-state index is 14.0. The molecule has 2 atom stereocenters. The minimum absolute atomic E-state index is 0.172. The second-order valence-corrected chi connectivity index (χ2v) is 6.15. The molecule has 3 nitrogen and oxygen atoms in total. The summed E-state index contributed by atoms with van der Waals surface area (Å²) >= 11 is 6.16. The first-order chi connectivity index (χ1) is 9.52. The number of benzene rings is 1. The fourth-order valence-electron chi connectivity index (χ4n) is 3.06. The number of likely N-dealkylation sites (N-methyl/N-ethyl adjacent to an activating group) is 1. The van der Waals surface area contributed by atoms with Gasteiger partial charge in [0.2, 0.25) is 0 Å². The molecule has 5 heteroatoms. The number of hydrogen-bond donors (Lipinski definition) is 1. The van der Waals surface area contributed by atoms with Crippen molar-refractivity contribution < 1.29 is 4.39 Å². The Hall–Kier alpha value is -0.680. The molecule has 1 heterocycles. The Morgan fingerprint density at radius 1 is 1.55 bits per heavy atom. The van der Waals surface area contributed by atoms with Crippen molar-refractivity contribution in [2.24, 2.45) is 11.7 Å². The molecule has 1 aromatic rings. The Bertz CT molecular complexity index is 434. The molecule has 20 heavy (non-hydrogen) atoms. The second kappa shape index (κ2) is 6.85. The van der Waals surface area contributed by atoms with Crippen LogP contribution >= 0.6 is 11.6 Å². The summed E-state index contributed by atoms with van der Waals surface area (Å²) in [5.74, 6) is 0.341. The quantitative estimate of drug-likeness (QED) is 0.906. The van der Waals surface area contributed by atoms with Gasteiger partial charge in [0.15, 0.2) is 0 Å². The lowest BCUT2D eigenvalue weighted by Crippen LogP contribution is -2.35. The van der Waals surface area contributed by atoms with Crippen LogP contribution in [0.1, 0.15) is 18.0 Å². The Morgan fingerprint density at radius 3 is 2.85 bits per heavy atom. The standard InChI is InChI=1S/C15H23ClFN3/c1-19-7-6-11(9-19)10-20(2)14(8-18)15-12(16)4-3-5-13(15)17/h3-5,11,14H,6-10,18H2,1-2H3.